The molecular weight excluding hydrogens is 272 g/mol. The molecule has 1 N–H and O–H groups in total. The average Bonchev–Trinajstić information content (AvgIpc) is 2.81. The SMILES string of the molecule is CC[C@H]1C[C@]2(C)[C@@H](O)CC[C@H]2[C@@H]2CCC3=CC(=O)CCC3=C12. The Balaban J connectivity index is 1.81. The van der Waals surface area contributed by atoms with Gasteiger partial charge in [-0.05, 0) is 85.3 Å². The number of rotatable bonds is 1. The summed E-state index contributed by atoms with van der Waals surface area (Å²) in [6.07, 6.45) is 10.3. The van der Waals surface area contributed by atoms with Crippen LogP contribution in [-0.2, 0) is 4.79 Å². The number of carbonyl (C=O) groups is 1. The standard InChI is InChI=1S/C20H28O2/c1-3-12-11-20(2)17(8-9-18(20)22)16-6-4-13-10-14(21)5-7-15(13)19(12)16/h10,12,16-18,22H,3-9,11H2,1-2H3/t12-,16-,17-,18-,20-/m0/s1. The lowest BCUT2D eigenvalue weighted by molar-refractivity contribution is -0.114. The fraction of sp³-hybridized carbons (Fsp3) is 0.750. The lowest BCUT2D eigenvalue weighted by Gasteiger charge is -2.51. The van der Waals surface area contributed by atoms with Crippen LogP contribution in [0.5, 0.6) is 0 Å². The normalized spacial score (nSPS) is 44.3. The molecule has 4 rings (SSSR count). The number of aliphatic hydroxyl groups is 1. The first-order valence-corrected chi connectivity index (χ1v) is 9.19. The molecule has 22 heavy (non-hydrogen) atoms. The smallest absolute Gasteiger partial charge is 0.156 e. The van der Waals surface area contributed by atoms with Crippen molar-refractivity contribution in [2.24, 2.45) is 23.2 Å². The maximum Gasteiger partial charge on any atom is 0.156 e. The van der Waals surface area contributed by atoms with Gasteiger partial charge in [0.25, 0.3) is 0 Å². The molecule has 2 saturated carbocycles. The van der Waals surface area contributed by atoms with Gasteiger partial charge in [-0.2, -0.15) is 0 Å². The Hall–Kier alpha value is -0.890. The zero-order chi connectivity index (χ0) is 15.5. The summed E-state index contributed by atoms with van der Waals surface area (Å²) in [6, 6.07) is 0. The van der Waals surface area contributed by atoms with E-state index >= 15 is 0 Å². The highest BCUT2D eigenvalue weighted by atomic mass is 16.3. The van der Waals surface area contributed by atoms with Gasteiger partial charge in [-0.25, -0.2) is 0 Å². The van der Waals surface area contributed by atoms with Gasteiger partial charge in [0.1, 0.15) is 0 Å². The first-order chi connectivity index (χ1) is 10.5. The minimum absolute atomic E-state index is 0.108. The van der Waals surface area contributed by atoms with E-state index in [0.717, 1.165) is 25.7 Å². The molecule has 0 aromatic rings. The van der Waals surface area contributed by atoms with Crippen molar-refractivity contribution in [3.8, 4) is 0 Å². The maximum absolute atomic E-state index is 11.8. The van der Waals surface area contributed by atoms with Gasteiger partial charge in [0.15, 0.2) is 5.78 Å². The molecule has 0 aromatic carbocycles. The minimum atomic E-state index is -0.108. The largest absolute Gasteiger partial charge is 0.393 e. The van der Waals surface area contributed by atoms with E-state index in [-0.39, 0.29) is 11.5 Å². The molecule has 2 fully saturated rings. The van der Waals surface area contributed by atoms with E-state index in [9.17, 15) is 9.90 Å². The van der Waals surface area contributed by atoms with Gasteiger partial charge in [0.2, 0.25) is 0 Å². The van der Waals surface area contributed by atoms with E-state index in [0.29, 0.717) is 30.0 Å². The minimum Gasteiger partial charge on any atom is -0.393 e. The van der Waals surface area contributed by atoms with Crippen LogP contribution in [0.2, 0.25) is 0 Å². The predicted octanol–water partition coefficient (Wildman–Crippen LogP) is 4.19. The zero-order valence-corrected chi connectivity index (χ0v) is 13.9. The van der Waals surface area contributed by atoms with Crippen molar-refractivity contribution < 1.29 is 9.90 Å². The Kier molecular flexibility index (Phi) is 3.38. The Morgan fingerprint density at radius 3 is 2.82 bits per heavy atom. The van der Waals surface area contributed by atoms with Crippen LogP contribution in [0.25, 0.3) is 0 Å². The van der Waals surface area contributed by atoms with E-state index in [1.807, 2.05) is 6.08 Å². The third-order valence-electron chi connectivity index (χ3n) is 7.28. The molecule has 0 spiro atoms. The molecule has 4 aliphatic rings. The number of aliphatic hydroxyl groups excluding tert-OH is 1. The van der Waals surface area contributed by atoms with Crippen LogP contribution < -0.4 is 0 Å². The second-order valence-electron chi connectivity index (χ2n) is 8.23. The second-order valence-corrected chi connectivity index (χ2v) is 8.23. The van der Waals surface area contributed by atoms with Crippen molar-refractivity contribution in [1.29, 1.82) is 0 Å². The fourth-order valence-corrected chi connectivity index (χ4v) is 6.17. The summed E-state index contributed by atoms with van der Waals surface area (Å²) in [6.45, 7) is 4.64. The molecule has 120 valence electrons. The Labute approximate surface area is 133 Å². The van der Waals surface area contributed by atoms with Crippen LogP contribution >= 0.6 is 0 Å². The molecule has 0 bridgehead atoms. The van der Waals surface area contributed by atoms with Gasteiger partial charge >= 0.3 is 0 Å². The van der Waals surface area contributed by atoms with Crippen LogP contribution in [0.4, 0.5) is 0 Å². The molecule has 4 aliphatic carbocycles. The Morgan fingerprint density at radius 2 is 2.05 bits per heavy atom. The summed E-state index contributed by atoms with van der Waals surface area (Å²) >= 11 is 0. The maximum atomic E-state index is 11.8. The molecule has 0 aliphatic heterocycles. The van der Waals surface area contributed by atoms with Gasteiger partial charge in [0, 0.05) is 6.42 Å². The number of carbonyl (C=O) groups excluding carboxylic acids is 1. The molecule has 0 radical (unpaired) electrons. The monoisotopic (exact) mass is 300 g/mol. The fourth-order valence-electron chi connectivity index (χ4n) is 6.17. The second kappa shape index (κ2) is 5.06. The molecule has 2 nitrogen and oxygen atoms in total. The van der Waals surface area contributed by atoms with Crippen molar-refractivity contribution in [3.05, 3.63) is 22.8 Å². The van der Waals surface area contributed by atoms with Crippen molar-refractivity contribution in [3.63, 3.8) is 0 Å². The summed E-state index contributed by atoms with van der Waals surface area (Å²) in [7, 11) is 0. The van der Waals surface area contributed by atoms with Gasteiger partial charge in [-0.15, -0.1) is 0 Å². The number of hydrogen-bond acceptors (Lipinski definition) is 2. The van der Waals surface area contributed by atoms with Crippen molar-refractivity contribution in [1.82, 2.24) is 0 Å². The first-order valence-electron chi connectivity index (χ1n) is 9.19. The van der Waals surface area contributed by atoms with Crippen molar-refractivity contribution >= 4 is 5.78 Å². The van der Waals surface area contributed by atoms with Crippen LogP contribution in [0, 0.1) is 23.2 Å². The van der Waals surface area contributed by atoms with Crippen LogP contribution in [0.15, 0.2) is 22.8 Å². The summed E-state index contributed by atoms with van der Waals surface area (Å²) in [5.41, 5.74) is 4.72. The number of fused-ring (bicyclic) bond motifs is 4. The van der Waals surface area contributed by atoms with Crippen LogP contribution in [-0.4, -0.2) is 17.0 Å². The number of hydrogen-bond donors (Lipinski definition) is 1. The highest BCUT2D eigenvalue weighted by Gasteiger charge is 2.55. The summed E-state index contributed by atoms with van der Waals surface area (Å²) < 4.78 is 0. The molecule has 0 saturated heterocycles. The van der Waals surface area contributed by atoms with E-state index < -0.39 is 0 Å². The highest BCUT2D eigenvalue weighted by Crippen LogP contribution is 2.62. The van der Waals surface area contributed by atoms with Crippen LogP contribution in [0.1, 0.15) is 65.2 Å². The van der Waals surface area contributed by atoms with E-state index in [2.05, 4.69) is 13.8 Å². The summed E-state index contributed by atoms with van der Waals surface area (Å²) in [5, 5.41) is 10.6. The zero-order valence-electron chi connectivity index (χ0n) is 13.9. The first kappa shape index (κ1) is 14.7. The molecule has 0 amide bonds. The molecule has 0 aromatic heterocycles. The van der Waals surface area contributed by atoms with Gasteiger partial charge in [-0.3, -0.25) is 4.79 Å². The number of allylic oxidation sites excluding steroid dienone is 4. The van der Waals surface area contributed by atoms with E-state index in [4.69, 9.17) is 0 Å². The molecular formula is C20H28O2. The van der Waals surface area contributed by atoms with E-state index in [1.54, 1.807) is 11.1 Å². The molecule has 2 heteroatoms. The van der Waals surface area contributed by atoms with Gasteiger partial charge in [0.05, 0.1) is 6.10 Å². The third kappa shape index (κ3) is 1.92. The van der Waals surface area contributed by atoms with Gasteiger partial charge in [-0.1, -0.05) is 19.4 Å². The quantitative estimate of drug-likeness (QED) is 0.788. The average molecular weight is 300 g/mol. The Bertz CT molecular complexity index is 570. The van der Waals surface area contributed by atoms with Crippen molar-refractivity contribution in [2.75, 3.05) is 0 Å². The summed E-state index contributed by atoms with van der Waals surface area (Å²) in [4.78, 5) is 11.8. The summed E-state index contributed by atoms with van der Waals surface area (Å²) in [5.74, 6) is 2.27. The van der Waals surface area contributed by atoms with E-state index in [1.165, 1.54) is 24.8 Å². The lowest BCUT2D eigenvalue weighted by Crippen LogP contribution is -2.45. The van der Waals surface area contributed by atoms with Gasteiger partial charge < -0.3 is 5.11 Å². The topological polar surface area (TPSA) is 37.3 Å². The highest BCUT2D eigenvalue weighted by molar-refractivity contribution is 5.93. The molecule has 0 heterocycles. The lowest BCUT2D eigenvalue weighted by atomic mass is 9.53. The number of ketones is 1. The van der Waals surface area contributed by atoms with Crippen LogP contribution in [0.3, 0.4) is 0 Å². The predicted molar refractivity (Wildman–Crippen MR) is 87.3 cm³/mol. The molecule has 5 atom stereocenters. The Morgan fingerprint density at radius 1 is 1.23 bits per heavy atom. The molecule has 0 unspecified atom stereocenters. The van der Waals surface area contributed by atoms with Crippen molar-refractivity contribution in [2.45, 2.75) is 71.3 Å². The third-order valence-corrected chi connectivity index (χ3v) is 7.28.